The first-order valence-electron chi connectivity index (χ1n) is 6.96. The molecule has 1 fully saturated rings. The van der Waals surface area contributed by atoms with E-state index in [1.165, 1.54) is 13.2 Å². The molecule has 1 aliphatic carbocycles. The van der Waals surface area contributed by atoms with Crippen molar-refractivity contribution in [3.8, 4) is 5.75 Å². The van der Waals surface area contributed by atoms with Gasteiger partial charge in [0, 0.05) is 18.7 Å². The molecule has 0 spiro atoms. The van der Waals surface area contributed by atoms with E-state index in [0.29, 0.717) is 18.0 Å². The van der Waals surface area contributed by atoms with E-state index in [0.717, 1.165) is 25.7 Å². The van der Waals surface area contributed by atoms with Crippen molar-refractivity contribution < 1.29 is 13.2 Å². The minimum atomic E-state index is -3.46. The van der Waals surface area contributed by atoms with Crippen LogP contribution in [0.5, 0.6) is 5.75 Å². The highest BCUT2D eigenvalue weighted by Gasteiger charge is 2.37. The Morgan fingerprint density at radius 2 is 2.10 bits per heavy atom. The maximum atomic E-state index is 12.7. The second kappa shape index (κ2) is 6.01. The van der Waals surface area contributed by atoms with Crippen LogP contribution in [0.25, 0.3) is 0 Å². The lowest BCUT2D eigenvalue weighted by Gasteiger charge is -2.22. The number of ether oxygens (including phenoxy) is 1. The molecule has 1 aromatic rings. The number of hydrogen-bond donors (Lipinski definition) is 1. The second-order valence-corrected chi connectivity index (χ2v) is 6.99. The summed E-state index contributed by atoms with van der Waals surface area (Å²) >= 11 is 0. The Bertz CT molecular complexity index is 568. The monoisotopic (exact) mass is 298 g/mol. The average molecular weight is 298 g/mol. The molecule has 1 saturated carbocycles. The molecule has 0 saturated heterocycles. The number of hydrogen-bond acceptors (Lipinski definition) is 4. The molecular weight excluding hydrogens is 276 g/mol. The van der Waals surface area contributed by atoms with Crippen LogP contribution < -0.4 is 10.5 Å². The molecule has 2 rings (SSSR count). The Hall–Kier alpha value is -1.27. The van der Waals surface area contributed by atoms with Crippen molar-refractivity contribution in [1.82, 2.24) is 4.31 Å². The molecule has 0 heterocycles. The van der Waals surface area contributed by atoms with E-state index in [9.17, 15) is 8.42 Å². The maximum absolute atomic E-state index is 12.7. The summed E-state index contributed by atoms with van der Waals surface area (Å²) in [4.78, 5) is 0.256. The molecule has 6 heteroatoms. The number of nitrogens with zero attached hydrogens (tertiary/aromatic N) is 1. The summed E-state index contributed by atoms with van der Waals surface area (Å²) in [7, 11) is -1.98. The van der Waals surface area contributed by atoms with E-state index in [1.807, 2.05) is 0 Å². The third kappa shape index (κ3) is 3.07. The second-order valence-electron chi connectivity index (χ2n) is 5.10. The molecule has 0 aromatic heterocycles. The number of benzene rings is 1. The molecule has 20 heavy (non-hydrogen) atoms. The molecular formula is C14H22N2O3S. The molecule has 0 aliphatic heterocycles. The van der Waals surface area contributed by atoms with Crippen molar-refractivity contribution in [2.45, 2.75) is 43.5 Å². The number of sulfonamides is 1. The van der Waals surface area contributed by atoms with Gasteiger partial charge in [0.15, 0.2) is 0 Å². The number of unbranched alkanes of at least 4 members (excludes halogenated alkanes) is 1. The number of methoxy groups -OCH3 is 1. The Balaban J connectivity index is 2.32. The van der Waals surface area contributed by atoms with Crippen molar-refractivity contribution in [3.05, 3.63) is 18.2 Å². The van der Waals surface area contributed by atoms with Crippen molar-refractivity contribution >= 4 is 15.7 Å². The van der Waals surface area contributed by atoms with Crippen LogP contribution in [-0.2, 0) is 10.0 Å². The van der Waals surface area contributed by atoms with E-state index in [1.54, 1.807) is 16.4 Å². The third-order valence-corrected chi connectivity index (χ3v) is 5.45. The average Bonchev–Trinajstić information content (AvgIpc) is 3.24. The molecule has 0 unspecified atom stereocenters. The van der Waals surface area contributed by atoms with Crippen molar-refractivity contribution in [2.24, 2.45) is 0 Å². The van der Waals surface area contributed by atoms with Crippen LogP contribution in [0.1, 0.15) is 32.6 Å². The van der Waals surface area contributed by atoms with Crippen LogP contribution in [0.2, 0.25) is 0 Å². The lowest BCUT2D eigenvalue weighted by Crippen LogP contribution is -2.34. The van der Waals surface area contributed by atoms with Gasteiger partial charge in [0.2, 0.25) is 10.0 Å². The summed E-state index contributed by atoms with van der Waals surface area (Å²) in [6.45, 7) is 2.64. The molecule has 0 atom stereocenters. The van der Waals surface area contributed by atoms with Gasteiger partial charge in [0.1, 0.15) is 5.75 Å². The fraction of sp³-hybridized carbons (Fsp3) is 0.571. The summed E-state index contributed by atoms with van der Waals surface area (Å²) in [6, 6.07) is 4.80. The van der Waals surface area contributed by atoms with Gasteiger partial charge in [-0.15, -0.1) is 0 Å². The van der Waals surface area contributed by atoms with Gasteiger partial charge >= 0.3 is 0 Å². The van der Waals surface area contributed by atoms with Gasteiger partial charge < -0.3 is 10.5 Å². The first kappa shape index (κ1) is 15.1. The first-order chi connectivity index (χ1) is 9.50. The van der Waals surface area contributed by atoms with Gasteiger partial charge in [-0.25, -0.2) is 8.42 Å². The smallest absolute Gasteiger partial charge is 0.243 e. The number of rotatable bonds is 7. The minimum absolute atomic E-state index is 0.162. The zero-order valence-electron chi connectivity index (χ0n) is 12.0. The quantitative estimate of drug-likeness (QED) is 0.783. The van der Waals surface area contributed by atoms with Gasteiger partial charge in [-0.1, -0.05) is 13.3 Å². The Kier molecular flexibility index (Phi) is 4.55. The molecule has 0 amide bonds. The largest absolute Gasteiger partial charge is 0.495 e. The molecule has 0 bridgehead atoms. The Labute approximate surface area is 120 Å². The molecule has 1 aliphatic rings. The summed E-state index contributed by atoms with van der Waals surface area (Å²) in [5.41, 5.74) is 6.18. The van der Waals surface area contributed by atoms with Gasteiger partial charge in [-0.3, -0.25) is 0 Å². The summed E-state index contributed by atoms with van der Waals surface area (Å²) in [6.07, 6.45) is 3.76. The number of nitrogen functional groups attached to an aromatic ring is 1. The topological polar surface area (TPSA) is 72.6 Å². The van der Waals surface area contributed by atoms with Crippen LogP contribution >= 0.6 is 0 Å². The van der Waals surface area contributed by atoms with E-state index in [-0.39, 0.29) is 10.9 Å². The zero-order valence-corrected chi connectivity index (χ0v) is 12.8. The summed E-state index contributed by atoms with van der Waals surface area (Å²) in [5.74, 6) is 0.400. The lowest BCUT2D eigenvalue weighted by molar-refractivity contribution is 0.394. The lowest BCUT2D eigenvalue weighted by atomic mass is 10.3. The van der Waals surface area contributed by atoms with Crippen molar-refractivity contribution in [1.29, 1.82) is 0 Å². The highest BCUT2D eigenvalue weighted by Crippen LogP contribution is 2.34. The Morgan fingerprint density at radius 3 is 2.65 bits per heavy atom. The third-order valence-electron chi connectivity index (χ3n) is 3.50. The SMILES string of the molecule is CCCCN(C1CC1)S(=O)(=O)c1ccc(N)c(OC)c1. The van der Waals surface area contributed by atoms with Crippen LogP contribution in [-0.4, -0.2) is 32.4 Å². The number of nitrogens with two attached hydrogens (primary N) is 1. The first-order valence-corrected chi connectivity index (χ1v) is 8.40. The van der Waals surface area contributed by atoms with Crippen molar-refractivity contribution in [2.75, 3.05) is 19.4 Å². The predicted octanol–water partition coefficient (Wildman–Crippen LogP) is 2.23. The van der Waals surface area contributed by atoms with Crippen molar-refractivity contribution in [3.63, 3.8) is 0 Å². The zero-order chi connectivity index (χ0) is 14.8. The van der Waals surface area contributed by atoms with E-state index in [4.69, 9.17) is 10.5 Å². The standard InChI is InChI=1S/C14H22N2O3S/c1-3-4-9-16(11-5-6-11)20(17,18)12-7-8-13(15)14(10-12)19-2/h7-8,10-11H,3-6,9,15H2,1-2H3. The fourth-order valence-electron chi connectivity index (χ4n) is 2.16. The van der Waals surface area contributed by atoms with E-state index >= 15 is 0 Å². The molecule has 5 nitrogen and oxygen atoms in total. The highest BCUT2D eigenvalue weighted by molar-refractivity contribution is 7.89. The highest BCUT2D eigenvalue weighted by atomic mass is 32.2. The van der Waals surface area contributed by atoms with E-state index < -0.39 is 10.0 Å². The maximum Gasteiger partial charge on any atom is 0.243 e. The van der Waals surface area contributed by atoms with Gasteiger partial charge in [-0.2, -0.15) is 4.31 Å². The normalized spacial score (nSPS) is 15.6. The van der Waals surface area contributed by atoms with Gasteiger partial charge in [-0.05, 0) is 31.4 Å². The number of anilines is 1. The molecule has 0 radical (unpaired) electrons. The molecule has 1 aromatic carbocycles. The van der Waals surface area contributed by atoms with Gasteiger partial charge in [0.05, 0.1) is 17.7 Å². The van der Waals surface area contributed by atoms with Gasteiger partial charge in [0.25, 0.3) is 0 Å². The van der Waals surface area contributed by atoms with Crippen LogP contribution in [0.4, 0.5) is 5.69 Å². The minimum Gasteiger partial charge on any atom is -0.495 e. The predicted molar refractivity (Wildman–Crippen MR) is 79.2 cm³/mol. The van der Waals surface area contributed by atoms with E-state index in [2.05, 4.69) is 6.92 Å². The summed E-state index contributed by atoms with van der Waals surface area (Å²) in [5, 5.41) is 0. The van der Waals surface area contributed by atoms with Crippen LogP contribution in [0, 0.1) is 0 Å². The molecule has 2 N–H and O–H groups in total. The van der Waals surface area contributed by atoms with Crippen LogP contribution in [0.15, 0.2) is 23.1 Å². The van der Waals surface area contributed by atoms with Crippen LogP contribution in [0.3, 0.4) is 0 Å². The Morgan fingerprint density at radius 1 is 1.40 bits per heavy atom. The summed E-state index contributed by atoms with van der Waals surface area (Å²) < 4.78 is 32.2. The fourth-order valence-corrected chi connectivity index (χ4v) is 3.90. The molecule has 112 valence electrons.